The van der Waals surface area contributed by atoms with Crippen LogP contribution in [0.25, 0.3) is 0 Å². The molecule has 3 aliphatic heterocycles. The highest BCUT2D eigenvalue weighted by atomic mass is 16.7. The van der Waals surface area contributed by atoms with Gasteiger partial charge in [-0.15, -0.1) is 0 Å². The van der Waals surface area contributed by atoms with E-state index >= 15 is 0 Å². The first-order valence-electron chi connectivity index (χ1n) is 18.6. The summed E-state index contributed by atoms with van der Waals surface area (Å²) in [5, 5.41) is 15.2. The minimum atomic E-state index is -1.12. The summed E-state index contributed by atoms with van der Waals surface area (Å²) in [5.74, 6) is -3.44. The number of fused-ring (bicyclic) bond motifs is 1. The van der Waals surface area contributed by atoms with Gasteiger partial charge in [0.1, 0.15) is 18.1 Å². The molecule has 1 aliphatic carbocycles. The van der Waals surface area contributed by atoms with E-state index in [4.69, 9.17) is 23.7 Å². The van der Waals surface area contributed by atoms with E-state index in [1.54, 1.807) is 21.0 Å². The predicted molar refractivity (Wildman–Crippen MR) is 185 cm³/mol. The Bertz CT molecular complexity index is 1150. The van der Waals surface area contributed by atoms with Gasteiger partial charge < -0.3 is 43.9 Å². The largest absolute Gasteiger partial charge is 0.458 e. The van der Waals surface area contributed by atoms with Crippen LogP contribution in [0.2, 0.25) is 0 Å². The van der Waals surface area contributed by atoms with Crippen LogP contribution >= 0.6 is 0 Å². The number of nitrogens with zero attached hydrogens (tertiary/aromatic N) is 2. The Labute approximate surface area is 294 Å². The Morgan fingerprint density at radius 2 is 1.78 bits per heavy atom. The maximum atomic E-state index is 14.3. The standard InChI is InChI=1S/C37H65N3O9/c1-12-29-37(7)27(17-30(41)49-37)24(5)40(10)20-21(2)18-36(6,45-11)33(22(3)31(42)23(4)34(44)47-29)48-35-32(43)28(39(8)9)16-26(46-35)19-38-25-14-13-15-25/h21-29,32-33,35,38,43H,12-20H2,1-11H3/t21-,22+,23?,24-,26+,27-,28?,29-,32-,33-,35+,36-,37+/m1/s1. The highest BCUT2D eigenvalue weighted by molar-refractivity contribution is 6.00. The fourth-order valence-electron chi connectivity index (χ4n) is 8.77. The third-order valence-electron chi connectivity index (χ3n) is 12.3. The molecule has 0 aromatic heterocycles. The lowest BCUT2D eigenvalue weighted by molar-refractivity contribution is -0.297. The van der Waals surface area contributed by atoms with Gasteiger partial charge in [0, 0.05) is 50.2 Å². The highest BCUT2D eigenvalue weighted by Crippen LogP contribution is 2.43. The van der Waals surface area contributed by atoms with Crippen molar-refractivity contribution in [1.82, 2.24) is 15.1 Å². The van der Waals surface area contributed by atoms with Crippen molar-refractivity contribution in [2.24, 2.45) is 23.7 Å². The molecule has 13 atom stereocenters. The van der Waals surface area contributed by atoms with Crippen LogP contribution in [0, 0.1) is 23.7 Å². The van der Waals surface area contributed by atoms with E-state index in [2.05, 4.69) is 24.1 Å². The number of Topliss-reactive ketones (excluding diaryl/α,β-unsaturated/α-hetero) is 1. The SMILES string of the molecule is CC[C@H]1OC(=O)C(C)C(=O)[C@H](C)[C@@H](O[C@@H]2O[C@H](CNC3CCC3)CC(N(C)C)[C@H]2O)[C@](C)(OC)C[C@@H](C)CN(C)[C@H](C)[C@H]2CC(=O)O[C@@]21C. The van der Waals surface area contributed by atoms with Gasteiger partial charge in [-0.25, -0.2) is 0 Å². The fraction of sp³-hybridized carbons (Fsp3) is 0.919. The predicted octanol–water partition coefficient (Wildman–Crippen LogP) is 3.17. The third-order valence-corrected chi connectivity index (χ3v) is 12.3. The number of nitrogens with one attached hydrogen (secondary N) is 1. The molecule has 0 aromatic rings. The second-order valence-electron chi connectivity index (χ2n) is 16.2. The first-order valence-corrected chi connectivity index (χ1v) is 18.6. The van der Waals surface area contributed by atoms with E-state index in [1.165, 1.54) is 6.42 Å². The number of hydrogen-bond acceptors (Lipinski definition) is 12. The van der Waals surface area contributed by atoms with Gasteiger partial charge in [-0.2, -0.15) is 0 Å². The van der Waals surface area contributed by atoms with Gasteiger partial charge >= 0.3 is 11.9 Å². The van der Waals surface area contributed by atoms with Crippen molar-refractivity contribution in [3.63, 3.8) is 0 Å². The number of rotatable bonds is 8. The molecule has 12 nitrogen and oxygen atoms in total. The second kappa shape index (κ2) is 16.3. The number of hydrogen-bond donors (Lipinski definition) is 2. The molecule has 3 saturated heterocycles. The molecule has 4 aliphatic rings. The Morgan fingerprint density at radius 3 is 2.35 bits per heavy atom. The van der Waals surface area contributed by atoms with Gasteiger partial charge in [0.15, 0.2) is 17.7 Å². The first kappa shape index (κ1) is 40.1. The number of ketones is 1. The number of aliphatic hydroxyl groups excluding tert-OH is 1. The van der Waals surface area contributed by atoms with Gasteiger partial charge in [-0.3, -0.25) is 14.4 Å². The third kappa shape index (κ3) is 8.69. The maximum Gasteiger partial charge on any atom is 0.316 e. The van der Waals surface area contributed by atoms with Gasteiger partial charge in [0.05, 0.1) is 24.2 Å². The lowest BCUT2D eigenvalue weighted by Gasteiger charge is -2.47. The average Bonchev–Trinajstić information content (AvgIpc) is 3.34. The number of aliphatic hydroxyl groups is 1. The molecule has 2 N–H and O–H groups in total. The summed E-state index contributed by atoms with van der Waals surface area (Å²) < 4.78 is 31.5. The molecule has 0 amide bonds. The van der Waals surface area contributed by atoms with E-state index in [-0.39, 0.29) is 48.2 Å². The molecule has 282 valence electrons. The van der Waals surface area contributed by atoms with Gasteiger partial charge in [-0.1, -0.05) is 27.2 Å². The molecule has 49 heavy (non-hydrogen) atoms. The van der Waals surface area contributed by atoms with Crippen molar-refractivity contribution in [3.8, 4) is 0 Å². The molecule has 0 radical (unpaired) electrons. The minimum Gasteiger partial charge on any atom is -0.458 e. The van der Waals surface area contributed by atoms with E-state index in [0.29, 0.717) is 38.4 Å². The molecule has 4 rings (SSSR count). The lowest BCUT2D eigenvalue weighted by Crippen LogP contribution is -2.60. The van der Waals surface area contributed by atoms with Gasteiger partial charge in [-0.05, 0) is 86.9 Å². The summed E-state index contributed by atoms with van der Waals surface area (Å²) in [6, 6.07) is 0.184. The number of likely N-dealkylation sites (N-methyl/N-ethyl adjacent to an activating group) is 1. The van der Waals surface area contributed by atoms with Crippen LogP contribution in [-0.2, 0) is 38.1 Å². The van der Waals surface area contributed by atoms with Crippen LogP contribution in [0.15, 0.2) is 0 Å². The molecule has 2 unspecified atom stereocenters. The number of carbonyl (C=O) groups is 3. The van der Waals surface area contributed by atoms with Crippen molar-refractivity contribution in [1.29, 1.82) is 0 Å². The van der Waals surface area contributed by atoms with Crippen molar-refractivity contribution in [2.75, 3.05) is 41.3 Å². The Kier molecular flexibility index (Phi) is 13.4. The summed E-state index contributed by atoms with van der Waals surface area (Å²) >= 11 is 0. The van der Waals surface area contributed by atoms with Gasteiger partial charge in [0.2, 0.25) is 0 Å². The summed E-state index contributed by atoms with van der Waals surface area (Å²) in [6.07, 6.45) is 1.52. The van der Waals surface area contributed by atoms with E-state index in [0.717, 1.165) is 12.8 Å². The number of ether oxygens (including phenoxy) is 5. The average molecular weight is 696 g/mol. The maximum absolute atomic E-state index is 14.3. The van der Waals surface area contributed by atoms with Crippen molar-refractivity contribution >= 4 is 17.7 Å². The zero-order valence-electron chi connectivity index (χ0n) is 31.9. The van der Waals surface area contributed by atoms with Crippen LogP contribution in [0.4, 0.5) is 0 Å². The highest BCUT2D eigenvalue weighted by Gasteiger charge is 2.56. The van der Waals surface area contributed by atoms with Gasteiger partial charge in [0.25, 0.3) is 0 Å². The zero-order chi connectivity index (χ0) is 36.4. The fourth-order valence-corrected chi connectivity index (χ4v) is 8.77. The number of cyclic esters (lactones) is 1. The Hall–Kier alpha value is -1.67. The van der Waals surface area contributed by atoms with E-state index in [9.17, 15) is 19.5 Å². The normalized spacial score (nSPS) is 43.7. The Morgan fingerprint density at radius 1 is 1.10 bits per heavy atom. The molecule has 0 aromatic carbocycles. The molecule has 1 saturated carbocycles. The lowest BCUT2D eigenvalue weighted by atomic mass is 9.77. The number of methoxy groups -OCH3 is 1. The molecular formula is C37H65N3O9. The quantitative estimate of drug-likeness (QED) is 0.285. The monoisotopic (exact) mass is 695 g/mol. The molecule has 0 spiro atoms. The van der Waals surface area contributed by atoms with E-state index < -0.39 is 53.6 Å². The smallest absolute Gasteiger partial charge is 0.316 e. The molecular weight excluding hydrogens is 630 g/mol. The molecule has 12 heteroatoms. The van der Waals surface area contributed by atoms with E-state index in [1.807, 2.05) is 46.8 Å². The van der Waals surface area contributed by atoms with Crippen molar-refractivity contribution in [3.05, 3.63) is 0 Å². The van der Waals surface area contributed by atoms with Crippen molar-refractivity contribution in [2.45, 2.75) is 153 Å². The first-order chi connectivity index (χ1) is 22.9. The second-order valence-corrected chi connectivity index (χ2v) is 16.2. The molecule has 4 fully saturated rings. The molecule has 0 bridgehead atoms. The van der Waals surface area contributed by atoms with Crippen LogP contribution in [0.1, 0.15) is 93.4 Å². The summed E-state index contributed by atoms with van der Waals surface area (Å²) in [4.78, 5) is 45.0. The zero-order valence-corrected chi connectivity index (χ0v) is 31.9. The summed E-state index contributed by atoms with van der Waals surface area (Å²) in [5.41, 5.74) is -2.04. The van der Waals surface area contributed by atoms with Crippen molar-refractivity contribution < 1.29 is 43.2 Å². The number of esters is 2. The molecule has 3 heterocycles. The van der Waals surface area contributed by atoms with Crippen LogP contribution in [-0.4, -0.2) is 134 Å². The Balaban J connectivity index is 1.69. The van der Waals surface area contributed by atoms with Crippen LogP contribution in [0.5, 0.6) is 0 Å². The summed E-state index contributed by atoms with van der Waals surface area (Å²) in [7, 11) is 7.53. The van der Waals surface area contributed by atoms with Crippen LogP contribution in [0.3, 0.4) is 0 Å². The number of carbonyl (C=O) groups excluding carboxylic acids is 3. The summed E-state index contributed by atoms with van der Waals surface area (Å²) in [6.45, 7) is 14.5. The van der Waals surface area contributed by atoms with Crippen LogP contribution < -0.4 is 5.32 Å². The topological polar surface area (TPSA) is 136 Å². The minimum absolute atomic E-state index is 0.0728.